The molecule has 0 saturated heterocycles. The van der Waals surface area contributed by atoms with Crippen LogP contribution >= 0.6 is 11.8 Å². The van der Waals surface area contributed by atoms with Gasteiger partial charge in [0.25, 0.3) is 0 Å². The number of hydrogen-bond acceptors (Lipinski definition) is 8. The van der Waals surface area contributed by atoms with Crippen LogP contribution in [0.5, 0.6) is 0 Å². The summed E-state index contributed by atoms with van der Waals surface area (Å²) in [4.78, 5) is 55.8. The molecule has 0 spiro atoms. The Kier molecular flexibility index (Phi) is 13.9. The van der Waals surface area contributed by atoms with Gasteiger partial charge in [-0.3, -0.25) is 9.59 Å². The number of nitrogens with zero attached hydrogens (tertiary/aromatic N) is 2. The standard InChI is InChI=1S/C34H46N4O6S/c1-23-14-12-13-17-25(23)28(29(39)36-27(31(41)43-33(2,3)4)22-24-15-10-9-11-16-24)38(20-19-35)30(40)26(18-21-45-8)37-32(42)44-34(5,6)7/h9-17,26-28H,18,20-22H2,1-8H3,(H,36,39)(H,37,42). The van der Waals surface area contributed by atoms with Gasteiger partial charge in [-0.15, -0.1) is 0 Å². The van der Waals surface area contributed by atoms with Crippen LogP contribution in [0, 0.1) is 18.3 Å². The van der Waals surface area contributed by atoms with Crippen LogP contribution in [-0.2, 0) is 30.3 Å². The summed E-state index contributed by atoms with van der Waals surface area (Å²) in [7, 11) is 0. The van der Waals surface area contributed by atoms with E-state index < -0.39 is 59.7 Å². The van der Waals surface area contributed by atoms with E-state index in [4.69, 9.17) is 9.47 Å². The lowest BCUT2D eigenvalue weighted by molar-refractivity contribution is -0.159. The summed E-state index contributed by atoms with van der Waals surface area (Å²) >= 11 is 1.48. The molecular weight excluding hydrogens is 592 g/mol. The molecule has 10 nitrogen and oxygen atoms in total. The maximum Gasteiger partial charge on any atom is 0.408 e. The van der Waals surface area contributed by atoms with Gasteiger partial charge in [0.15, 0.2) is 0 Å². The Morgan fingerprint density at radius 2 is 1.49 bits per heavy atom. The second-order valence-corrected chi connectivity index (χ2v) is 13.6. The van der Waals surface area contributed by atoms with Crippen LogP contribution in [0.2, 0.25) is 0 Å². The fraction of sp³-hybridized carbons (Fsp3) is 0.500. The van der Waals surface area contributed by atoms with Gasteiger partial charge in [0.2, 0.25) is 11.8 Å². The zero-order valence-electron chi connectivity index (χ0n) is 27.5. The molecule has 0 aromatic heterocycles. The number of aryl methyl sites for hydroxylation is 1. The molecule has 3 unspecified atom stereocenters. The number of esters is 1. The minimum atomic E-state index is -1.30. The number of amides is 3. The molecule has 0 fully saturated rings. The summed E-state index contributed by atoms with van der Waals surface area (Å²) in [5.41, 5.74) is 0.355. The third-order valence-electron chi connectivity index (χ3n) is 6.46. The first-order chi connectivity index (χ1) is 21.1. The van der Waals surface area contributed by atoms with Gasteiger partial charge in [-0.25, -0.2) is 9.59 Å². The summed E-state index contributed by atoms with van der Waals surface area (Å²) in [5.74, 6) is -1.41. The largest absolute Gasteiger partial charge is 0.458 e. The molecule has 3 amide bonds. The number of nitriles is 1. The van der Waals surface area contributed by atoms with Crippen molar-refractivity contribution in [2.24, 2.45) is 0 Å². The molecule has 45 heavy (non-hydrogen) atoms. The number of ether oxygens (including phenoxy) is 2. The zero-order chi connectivity index (χ0) is 33.8. The Labute approximate surface area is 271 Å². The Hall–Kier alpha value is -4.04. The van der Waals surface area contributed by atoms with Crippen molar-refractivity contribution in [3.05, 3.63) is 71.3 Å². The summed E-state index contributed by atoms with van der Waals surface area (Å²) in [6.45, 7) is 11.7. The van der Waals surface area contributed by atoms with Gasteiger partial charge in [0, 0.05) is 6.42 Å². The van der Waals surface area contributed by atoms with Crippen molar-refractivity contribution in [3.8, 4) is 6.07 Å². The molecule has 0 aliphatic rings. The average molecular weight is 639 g/mol. The van der Waals surface area contributed by atoms with Crippen LogP contribution in [0.3, 0.4) is 0 Å². The lowest BCUT2D eigenvalue weighted by atomic mass is 9.97. The van der Waals surface area contributed by atoms with Crippen molar-refractivity contribution >= 4 is 35.6 Å². The predicted molar refractivity (Wildman–Crippen MR) is 175 cm³/mol. The van der Waals surface area contributed by atoms with E-state index in [9.17, 15) is 24.4 Å². The molecule has 0 radical (unpaired) electrons. The number of hydrogen-bond donors (Lipinski definition) is 2. The summed E-state index contributed by atoms with van der Waals surface area (Å²) in [6, 6.07) is 14.8. The highest BCUT2D eigenvalue weighted by molar-refractivity contribution is 7.98. The lowest BCUT2D eigenvalue weighted by Crippen LogP contribution is -2.55. The highest BCUT2D eigenvalue weighted by Gasteiger charge is 2.38. The third-order valence-corrected chi connectivity index (χ3v) is 7.10. The van der Waals surface area contributed by atoms with Gasteiger partial charge in [0.05, 0.1) is 6.07 Å². The second-order valence-electron chi connectivity index (χ2n) is 12.6. The average Bonchev–Trinajstić information content (AvgIpc) is 2.94. The minimum absolute atomic E-state index is 0.144. The van der Waals surface area contributed by atoms with E-state index in [0.29, 0.717) is 16.9 Å². The van der Waals surface area contributed by atoms with Crippen LogP contribution in [0.1, 0.15) is 70.7 Å². The smallest absolute Gasteiger partial charge is 0.408 e. The van der Waals surface area contributed by atoms with Crippen molar-refractivity contribution in [2.45, 2.75) is 90.6 Å². The maximum atomic E-state index is 14.3. The van der Waals surface area contributed by atoms with E-state index in [1.807, 2.05) is 42.7 Å². The van der Waals surface area contributed by atoms with E-state index in [0.717, 1.165) is 10.5 Å². The Bertz CT molecular complexity index is 1350. The molecule has 2 N–H and O–H groups in total. The summed E-state index contributed by atoms with van der Waals surface area (Å²) in [5, 5.41) is 15.3. The molecule has 0 heterocycles. The zero-order valence-corrected chi connectivity index (χ0v) is 28.3. The number of rotatable bonds is 13. The third kappa shape index (κ3) is 12.5. The van der Waals surface area contributed by atoms with Crippen LogP contribution in [0.25, 0.3) is 0 Å². The fourth-order valence-corrected chi connectivity index (χ4v) is 5.00. The second kappa shape index (κ2) is 16.9. The Morgan fingerprint density at radius 3 is 2.04 bits per heavy atom. The molecule has 2 rings (SSSR count). The monoisotopic (exact) mass is 638 g/mol. The van der Waals surface area contributed by atoms with Gasteiger partial charge in [-0.1, -0.05) is 54.6 Å². The van der Waals surface area contributed by atoms with Crippen molar-refractivity contribution < 1.29 is 28.7 Å². The van der Waals surface area contributed by atoms with E-state index in [2.05, 4.69) is 10.6 Å². The molecule has 3 atom stereocenters. The van der Waals surface area contributed by atoms with E-state index in [1.165, 1.54) is 11.8 Å². The lowest BCUT2D eigenvalue weighted by Gasteiger charge is -2.34. The van der Waals surface area contributed by atoms with Crippen molar-refractivity contribution in [2.75, 3.05) is 18.6 Å². The molecule has 0 bridgehead atoms. The topological polar surface area (TPSA) is 138 Å². The molecule has 2 aromatic carbocycles. The molecule has 11 heteroatoms. The molecular formula is C34H46N4O6S. The van der Waals surface area contributed by atoms with Crippen molar-refractivity contribution in [1.82, 2.24) is 15.5 Å². The molecule has 0 aliphatic heterocycles. The van der Waals surface area contributed by atoms with Crippen LogP contribution in [0.15, 0.2) is 54.6 Å². The van der Waals surface area contributed by atoms with Gasteiger partial charge in [-0.05, 0) is 83.6 Å². The maximum absolute atomic E-state index is 14.3. The van der Waals surface area contributed by atoms with Crippen molar-refractivity contribution in [1.29, 1.82) is 5.26 Å². The first-order valence-electron chi connectivity index (χ1n) is 14.8. The number of thioether (sulfide) groups is 1. The van der Waals surface area contributed by atoms with Crippen LogP contribution < -0.4 is 10.6 Å². The minimum Gasteiger partial charge on any atom is -0.458 e. The number of alkyl carbamates (subject to hydrolysis) is 1. The Balaban J connectivity index is 2.58. The SMILES string of the molecule is CSCCC(NC(=O)OC(C)(C)C)C(=O)N(CC#N)C(C(=O)NC(Cc1ccccc1)C(=O)OC(C)(C)C)c1ccccc1C. The number of carbonyl (C=O) groups is 4. The highest BCUT2D eigenvalue weighted by Crippen LogP contribution is 2.27. The predicted octanol–water partition coefficient (Wildman–Crippen LogP) is 5.10. The van der Waals surface area contributed by atoms with Crippen LogP contribution in [-0.4, -0.2) is 70.6 Å². The summed E-state index contributed by atoms with van der Waals surface area (Å²) in [6.07, 6.45) is 1.46. The Morgan fingerprint density at radius 1 is 0.889 bits per heavy atom. The van der Waals surface area contributed by atoms with E-state index in [-0.39, 0.29) is 12.8 Å². The molecule has 0 aliphatic carbocycles. The number of benzene rings is 2. The van der Waals surface area contributed by atoms with Gasteiger partial charge in [-0.2, -0.15) is 17.0 Å². The van der Waals surface area contributed by atoms with E-state index >= 15 is 0 Å². The van der Waals surface area contributed by atoms with E-state index in [1.54, 1.807) is 72.7 Å². The first-order valence-corrected chi connectivity index (χ1v) is 16.2. The van der Waals surface area contributed by atoms with Gasteiger partial charge < -0.3 is 25.0 Å². The molecule has 244 valence electrons. The van der Waals surface area contributed by atoms with Gasteiger partial charge >= 0.3 is 12.1 Å². The number of carbonyl (C=O) groups excluding carboxylic acids is 4. The highest BCUT2D eigenvalue weighted by atomic mass is 32.2. The fourth-order valence-electron chi connectivity index (χ4n) is 4.53. The van der Waals surface area contributed by atoms with Gasteiger partial charge in [0.1, 0.15) is 35.9 Å². The normalized spacial score (nSPS) is 13.4. The summed E-state index contributed by atoms with van der Waals surface area (Å²) < 4.78 is 11.1. The molecule has 0 saturated carbocycles. The quantitative estimate of drug-likeness (QED) is 0.228. The van der Waals surface area contributed by atoms with Crippen molar-refractivity contribution in [3.63, 3.8) is 0 Å². The number of nitrogens with one attached hydrogen (secondary N) is 2. The first kappa shape index (κ1) is 37.1. The molecule has 2 aromatic rings. The van der Waals surface area contributed by atoms with Crippen LogP contribution in [0.4, 0.5) is 4.79 Å².